The third-order valence-electron chi connectivity index (χ3n) is 7.88. The minimum Gasteiger partial charge on any atom is -0.481 e. The summed E-state index contributed by atoms with van der Waals surface area (Å²) < 4.78 is 6.12. The quantitative estimate of drug-likeness (QED) is 0.324. The van der Waals surface area contributed by atoms with Gasteiger partial charge in [-0.1, -0.05) is 45.9 Å². The lowest BCUT2D eigenvalue weighted by molar-refractivity contribution is -0.168. The number of esters is 1. The van der Waals surface area contributed by atoms with Crippen LogP contribution in [-0.2, 0) is 14.3 Å². The van der Waals surface area contributed by atoms with Gasteiger partial charge in [-0.05, 0) is 55.9 Å². The molecule has 7 nitrogen and oxygen atoms in total. The Balaban J connectivity index is 2.17. The molecule has 0 fully saturated rings. The molecule has 7 atom stereocenters. The van der Waals surface area contributed by atoms with Crippen molar-refractivity contribution >= 4 is 11.9 Å². The fraction of sp³-hybridized carbons (Fsp3) is 0.769. The minimum absolute atomic E-state index is 0.0136. The molecule has 0 saturated carbocycles. The molecule has 0 heterocycles. The van der Waals surface area contributed by atoms with Crippen LogP contribution in [0.3, 0.4) is 0 Å². The summed E-state index contributed by atoms with van der Waals surface area (Å²) in [5.74, 6) is -1.09. The molecule has 0 amide bonds. The number of hydrogen-bond donors (Lipinski definition) is 4. The molecule has 2 aliphatic carbocycles. The summed E-state index contributed by atoms with van der Waals surface area (Å²) in [6, 6.07) is 0. The van der Waals surface area contributed by atoms with Crippen molar-refractivity contribution in [2.24, 2.45) is 23.2 Å². The highest BCUT2D eigenvalue weighted by atomic mass is 16.5. The van der Waals surface area contributed by atoms with Crippen molar-refractivity contribution in [1.29, 1.82) is 0 Å². The first-order chi connectivity index (χ1) is 15.6. The van der Waals surface area contributed by atoms with Crippen LogP contribution in [-0.4, -0.2) is 56.8 Å². The standard InChI is InChI=1S/C26H42O7/c1-5-26(6-2,7-3)25(32)33-22-14-19(28)12-17-9-8-16(4)21(24(17)22)11-10-18(27)13-20(29)15-23(30)31/h8-9,12,16,18-22,24,27-29H,5-7,10-11,13-15H2,1-4H3,(H,30,31)/t16-,18-,19-,20-,21+,22+,24+/m1/s1. The van der Waals surface area contributed by atoms with E-state index in [1.54, 1.807) is 0 Å². The molecule has 0 aliphatic heterocycles. The van der Waals surface area contributed by atoms with Gasteiger partial charge in [0.25, 0.3) is 0 Å². The maximum Gasteiger partial charge on any atom is 0.312 e. The molecular weight excluding hydrogens is 424 g/mol. The molecule has 188 valence electrons. The lowest BCUT2D eigenvalue weighted by Crippen LogP contribution is -2.45. The predicted octanol–water partition coefficient (Wildman–Crippen LogP) is 3.61. The number of aliphatic hydroxyl groups excluding tert-OH is 3. The van der Waals surface area contributed by atoms with Crippen LogP contribution in [0, 0.1) is 23.2 Å². The molecule has 0 bridgehead atoms. The monoisotopic (exact) mass is 466 g/mol. The van der Waals surface area contributed by atoms with Crippen molar-refractivity contribution < 1.29 is 34.8 Å². The van der Waals surface area contributed by atoms with E-state index in [1.165, 1.54) is 0 Å². The van der Waals surface area contributed by atoms with Gasteiger partial charge in [-0.15, -0.1) is 0 Å². The van der Waals surface area contributed by atoms with Gasteiger partial charge in [-0.25, -0.2) is 0 Å². The number of fused-ring (bicyclic) bond motifs is 1. The number of carboxylic acids is 1. The Labute approximate surface area is 197 Å². The molecule has 33 heavy (non-hydrogen) atoms. The van der Waals surface area contributed by atoms with Crippen LogP contribution in [0.25, 0.3) is 0 Å². The van der Waals surface area contributed by atoms with Gasteiger partial charge in [0, 0.05) is 12.3 Å². The second-order valence-electron chi connectivity index (χ2n) is 9.88. The Morgan fingerprint density at radius 3 is 2.36 bits per heavy atom. The van der Waals surface area contributed by atoms with Gasteiger partial charge in [0.05, 0.1) is 30.1 Å². The largest absolute Gasteiger partial charge is 0.481 e. The van der Waals surface area contributed by atoms with Crippen LogP contribution in [0.1, 0.15) is 79.1 Å². The summed E-state index contributed by atoms with van der Waals surface area (Å²) in [5.41, 5.74) is 0.444. The van der Waals surface area contributed by atoms with E-state index >= 15 is 0 Å². The fourth-order valence-electron chi connectivity index (χ4n) is 5.53. The Morgan fingerprint density at radius 2 is 1.79 bits per heavy atom. The fourth-order valence-corrected chi connectivity index (χ4v) is 5.53. The molecule has 7 heteroatoms. The van der Waals surface area contributed by atoms with E-state index in [-0.39, 0.29) is 36.6 Å². The van der Waals surface area contributed by atoms with E-state index < -0.39 is 35.8 Å². The summed E-state index contributed by atoms with van der Waals surface area (Å²) in [5, 5.41) is 39.5. The van der Waals surface area contributed by atoms with Crippen LogP contribution < -0.4 is 0 Å². The molecule has 0 radical (unpaired) electrons. The van der Waals surface area contributed by atoms with Crippen molar-refractivity contribution in [2.45, 2.75) is 103 Å². The molecule has 0 aromatic rings. The topological polar surface area (TPSA) is 124 Å². The van der Waals surface area contributed by atoms with Crippen molar-refractivity contribution in [1.82, 2.24) is 0 Å². The van der Waals surface area contributed by atoms with E-state index in [1.807, 2.05) is 32.9 Å². The van der Waals surface area contributed by atoms with Crippen molar-refractivity contribution in [2.75, 3.05) is 0 Å². The molecule has 0 aromatic heterocycles. The van der Waals surface area contributed by atoms with Crippen molar-refractivity contribution in [3.63, 3.8) is 0 Å². The molecule has 0 aromatic carbocycles. The number of aliphatic carboxylic acids is 1. The number of carboxylic acid groups (broad SMARTS) is 1. The van der Waals surface area contributed by atoms with Gasteiger partial charge in [-0.2, -0.15) is 0 Å². The van der Waals surface area contributed by atoms with Gasteiger partial charge in [0.2, 0.25) is 0 Å². The minimum atomic E-state index is -1.09. The zero-order valence-corrected chi connectivity index (χ0v) is 20.4. The van der Waals surface area contributed by atoms with E-state index in [0.717, 1.165) is 5.57 Å². The number of ether oxygens (including phenoxy) is 1. The maximum atomic E-state index is 13.2. The number of allylic oxidation sites excluding steroid dienone is 2. The highest BCUT2D eigenvalue weighted by molar-refractivity contribution is 5.77. The summed E-state index contributed by atoms with van der Waals surface area (Å²) >= 11 is 0. The second-order valence-corrected chi connectivity index (χ2v) is 9.88. The highest BCUT2D eigenvalue weighted by Crippen LogP contribution is 2.45. The number of aliphatic hydroxyl groups is 3. The van der Waals surface area contributed by atoms with Crippen LogP contribution in [0.2, 0.25) is 0 Å². The van der Waals surface area contributed by atoms with Gasteiger partial charge < -0.3 is 25.2 Å². The Bertz CT molecular complexity index is 716. The van der Waals surface area contributed by atoms with Gasteiger partial charge in [0.15, 0.2) is 0 Å². The first-order valence-corrected chi connectivity index (χ1v) is 12.4. The molecule has 0 unspecified atom stereocenters. The van der Waals surface area contributed by atoms with Crippen LogP contribution in [0.4, 0.5) is 0 Å². The third kappa shape index (κ3) is 6.90. The van der Waals surface area contributed by atoms with E-state index in [4.69, 9.17) is 9.84 Å². The molecular formula is C26H42O7. The third-order valence-corrected chi connectivity index (χ3v) is 7.88. The SMILES string of the molecule is CCC(CC)(CC)C(=O)O[C@H]1C[C@H](O)C=C2C=C[C@@H](C)[C@H](CC[C@@H](O)C[C@@H](O)CC(=O)O)[C@H]21. The molecule has 2 rings (SSSR count). The first kappa shape index (κ1) is 27.5. The normalized spacial score (nSPS) is 29.1. The second kappa shape index (κ2) is 12.1. The summed E-state index contributed by atoms with van der Waals surface area (Å²) in [6.07, 6.45) is 6.05. The number of carbonyl (C=O) groups excluding carboxylic acids is 1. The van der Waals surface area contributed by atoms with Gasteiger partial charge in [-0.3, -0.25) is 9.59 Å². The molecule has 0 saturated heterocycles. The van der Waals surface area contributed by atoms with Crippen LogP contribution >= 0.6 is 0 Å². The summed E-state index contributed by atoms with van der Waals surface area (Å²) in [7, 11) is 0. The van der Waals surface area contributed by atoms with Gasteiger partial charge in [0.1, 0.15) is 6.10 Å². The van der Waals surface area contributed by atoms with E-state index in [9.17, 15) is 24.9 Å². The van der Waals surface area contributed by atoms with Gasteiger partial charge >= 0.3 is 11.9 Å². The van der Waals surface area contributed by atoms with E-state index in [2.05, 4.69) is 13.0 Å². The molecule has 0 spiro atoms. The first-order valence-electron chi connectivity index (χ1n) is 12.4. The Kier molecular flexibility index (Phi) is 10.1. The Morgan fingerprint density at radius 1 is 1.15 bits per heavy atom. The zero-order valence-electron chi connectivity index (χ0n) is 20.4. The smallest absolute Gasteiger partial charge is 0.312 e. The highest BCUT2D eigenvalue weighted by Gasteiger charge is 2.44. The molecule has 2 aliphatic rings. The molecule has 4 N–H and O–H groups in total. The summed E-state index contributed by atoms with van der Waals surface area (Å²) in [4.78, 5) is 24.0. The van der Waals surface area contributed by atoms with E-state index in [0.29, 0.717) is 38.5 Å². The number of carbonyl (C=O) groups is 2. The average molecular weight is 467 g/mol. The lowest BCUT2D eigenvalue weighted by Gasteiger charge is -2.44. The number of rotatable bonds is 12. The number of hydrogen-bond acceptors (Lipinski definition) is 6. The van der Waals surface area contributed by atoms with Crippen LogP contribution in [0.5, 0.6) is 0 Å². The lowest BCUT2D eigenvalue weighted by atomic mass is 9.66. The average Bonchev–Trinajstić information content (AvgIpc) is 2.74. The Hall–Kier alpha value is -1.70. The zero-order chi connectivity index (χ0) is 24.8. The van der Waals surface area contributed by atoms with Crippen molar-refractivity contribution in [3.8, 4) is 0 Å². The maximum absolute atomic E-state index is 13.2. The predicted molar refractivity (Wildman–Crippen MR) is 125 cm³/mol. The summed E-state index contributed by atoms with van der Waals surface area (Å²) in [6.45, 7) is 8.11. The van der Waals surface area contributed by atoms with Crippen LogP contribution in [0.15, 0.2) is 23.8 Å². The van der Waals surface area contributed by atoms with Crippen molar-refractivity contribution in [3.05, 3.63) is 23.8 Å².